The minimum atomic E-state index is 0.704. The van der Waals surface area contributed by atoms with Gasteiger partial charge in [0.1, 0.15) is 0 Å². The van der Waals surface area contributed by atoms with Gasteiger partial charge in [0.25, 0.3) is 0 Å². The molecule has 6 rings (SSSR count). The highest BCUT2D eigenvalue weighted by Crippen LogP contribution is 2.42. The summed E-state index contributed by atoms with van der Waals surface area (Å²) in [6.45, 7) is 6.60. The fourth-order valence-electron chi connectivity index (χ4n) is 5.73. The molecular weight excluding hydrogens is 350 g/mol. The van der Waals surface area contributed by atoms with Gasteiger partial charge in [0.15, 0.2) is 5.76 Å². The van der Waals surface area contributed by atoms with Crippen molar-refractivity contribution in [3.05, 3.63) is 36.3 Å². The molecule has 6 nitrogen and oxygen atoms in total. The lowest BCUT2D eigenvalue weighted by Crippen LogP contribution is -2.59. The molecule has 3 aromatic rings. The molecule has 1 saturated carbocycles. The van der Waals surface area contributed by atoms with Crippen LogP contribution in [0.1, 0.15) is 38.3 Å². The van der Waals surface area contributed by atoms with Crippen LogP contribution in [0, 0.1) is 12.8 Å². The van der Waals surface area contributed by atoms with Crippen LogP contribution in [0.2, 0.25) is 0 Å². The largest absolute Gasteiger partial charge is 0.367 e. The maximum Gasteiger partial charge on any atom is 0.168 e. The van der Waals surface area contributed by atoms with Crippen LogP contribution >= 0.6 is 0 Å². The van der Waals surface area contributed by atoms with Gasteiger partial charge in [-0.05, 0) is 50.7 Å². The lowest BCUT2D eigenvalue weighted by molar-refractivity contribution is 0.0341. The zero-order valence-electron chi connectivity index (χ0n) is 16.6. The van der Waals surface area contributed by atoms with E-state index in [4.69, 9.17) is 4.52 Å². The summed E-state index contributed by atoms with van der Waals surface area (Å²) in [5.74, 6) is 1.72. The summed E-state index contributed by atoms with van der Waals surface area (Å²) in [6.07, 6.45) is 9.43. The molecule has 3 fully saturated rings. The molecule has 0 radical (unpaired) electrons. The number of hydrogen-bond acceptors (Lipinski definition) is 5. The zero-order chi connectivity index (χ0) is 18.8. The van der Waals surface area contributed by atoms with Crippen LogP contribution in [-0.2, 0) is 0 Å². The first-order chi connectivity index (χ1) is 13.7. The lowest BCUT2D eigenvalue weighted by atomic mass is 9.80. The maximum atomic E-state index is 5.47. The van der Waals surface area contributed by atoms with Crippen molar-refractivity contribution < 1.29 is 4.52 Å². The van der Waals surface area contributed by atoms with E-state index in [1.54, 1.807) is 0 Å². The molecule has 3 aromatic heterocycles. The van der Waals surface area contributed by atoms with Gasteiger partial charge in [-0.25, -0.2) is 4.52 Å². The Bertz CT molecular complexity index is 1000. The van der Waals surface area contributed by atoms with E-state index in [0.29, 0.717) is 12.1 Å². The van der Waals surface area contributed by atoms with E-state index in [0.717, 1.165) is 47.6 Å². The van der Waals surface area contributed by atoms with Crippen molar-refractivity contribution in [2.75, 3.05) is 18.0 Å². The van der Waals surface area contributed by atoms with E-state index in [1.807, 2.05) is 29.9 Å². The second-order valence-electron chi connectivity index (χ2n) is 9.08. The second kappa shape index (κ2) is 6.08. The quantitative estimate of drug-likeness (QED) is 0.696. The molecule has 2 bridgehead atoms. The monoisotopic (exact) mass is 377 g/mol. The van der Waals surface area contributed by atoms with Crippen LogP contribution in [0.4, 0.5) is 5.69 Å². The first-order valence-corrected chi connectivity index (χ1v) is 10.6. The molecule has 0 aromatic carbocycles. The third kappa shape index (κ3) is 2.50. The summed E-state index contributed by atoms with van der Waals surface area (Å²) in [4.78, 5) is 5.46. The number of rotatable bonds is 3. The number of aromatic nitrogens is 3. The van der Waals surface area contributed by atoms with Gasteiger partial charge in [0.2, 0.25) is 0 Å². The number of piperazine rings is 1. The highest BCUT2D eigenvalue weighted by Gasteiger charge is 2.46. The predicted octanol–water partition coefficient (Wildman–Crippen LogP) is 3.75. The van der Waals surface area contributed by atoms with Gasteiger partial charge in [0, 0.05) is 55.2 Å². The Kier molecular flexibility index (Phi) is 3.60. The third-order valence-electron chi connectivity index (χ3n) is 7.05. The van der Waals surface area contributed by atoms with Crippen LogP contribution in [0.25, 0.3) is 16.8 Å². The molecule has 5 heterocycles. The number of hydrogen-bond donors (Lipinski definition) is 0. The Balaban J connectivity index is 1.31. The van der Waals surface area contributed by atoms with Crippen molar-refractivity contribution in [3.63, 3.8) is 0 Å². The molecule has 2 saturated heterocycles. The highest BCUT2D eigenvalue weighted by atomic mass is 16.5. The Morgan fingerprint density at radius 3 is 2.54 bits per heavy atom. The molecule has 0 amide bonds. The van der Waals surface area contributed by atoms with E-state index in [2.05, 4.69) is 39.1 Å². The van der Waals surface area contributed by atoms with Gasteiger partial charge in [-0.3, -0.25) is 4.90 Å². The first-order valence-electron chi connectivity index (χ1n) is 10.6. The van der Waals surface area contributed by atoms with Crippen molar-refractivity contribution in [2.24, 2.45) is 5.92 Å². The Labute approximate surface area is 165 Å². The van der Waals surface area contributed by atoms with Crippen molar-refractivity contribution >= 4 is 11.2 Å². The molecule has 2 aliphatic heterocycles. The van der Waals surface area contributed by atoms with Crippen LogP contribution in [0.3, 0.4) is 0 Å². The predicted molar refractivity (Wildman–Crippen MR) is 108 cm³/mol. The number of fused-ring (bicyclic) bond motifs is 3. The zero-order valence-corrected chi connectivity index (χ0v) is 16.6. The van der Waals surface area contributed by atoms with Crippen molar-refractivity contribution in [1.82, 2.24) is 19.7 Å². The smallest absolute Gasteiger partial charge is 0.168 e. The third-order valence-corrected chi connectivity index (χ3v) is 7.05. The number of anilines is 1. The Hall–Kier alpha value is -2.34. The minimum Gasteiger partial charge on any atom is -0.367 e. The van der Waals surface area contributed by atoms with Crippen LogP contribution in [0.5, 0.6) is 0 Å². The summed E-state index contributed by atoms with van der Waals surface area (Å²) in [5, 5.41) is 8.56. The van der Waals surface area contributed by atoms with Gasteiger partial charge in [-0.15, -0.1) is 0 Å². The molecule has 0 N–H and O–H groups in total. The van der Waals surface area contributed by atoms with Crippen LogP contribution in [-0.4, -0.2) is 50.9 Å². The summed E-state index contributed by atoms with van der Waals surface area (Å²) in [6, 6.07) is 8.58. The molecule has 146 valence electrons. The summed E-state index contributed by atoms with van der Waals surface area (Å²) < 4.78 is 7.44. The molecule has 6 heteroatoms. The van der Waals surface area contributed by atoms with E-state index in [-0.39, 0.29) is 0 Å². The molecule has 1 aliphatic carbocycles. The highest BCUT2D eigenvalue weighted by molar-refractivity contribution is 5.78. The maximum absolute atomic E-state index is 5.47. The van der Waals surface area contributed by atoms with E-state index in [9.17, 15) is 0 Å². The summed E-state index contributed by atoms with van der Waals surface area (Å²) >= 11 is 0. The summed E-state index contributed by atoms with van der Waals surface area (Å²) in [7, 11) is 0. The van der Waals surface area contributed by atoms with Gasteiger partial charge in [0.05, 0.1) is 16.9 Å². The SMILES string of the molecule is Cc1cc(-c2cc3c(N4CC5CCC(C4)N5[C@H]4C[C@H](C)C4)ccnn3c2)on1. The Morgan fingerprint density at radius 2 is 1.86 bits per heavy atom. The van der Waals surface area contributed by atoms with Gasteiger partial charge in [-0.1, -0.05) is 12.1 Å². The minimum absolute atomic E-state index is 0.704. The first kappa shape index (κ1) is 16.6. The molecule has 3 aliphatic rings. The molecule has 2 unspecified atom stereocenters. The van der Waals surface area contributed by atoms with Crippen molar-refractivity contribution in [1.29, 1.82) is 0 Å². The molecule has 2 atom stereocenters. The standard InChI is InChI=1S/C22H27N5O/c1-14-7-19(8-14)27-17-3-4-18(27)13-25(12-17)20-5-6-23-26-11-16(10-21(20)26)22-9-15(2)24-28-22/h5-6,9-11,14,17-19H,3-4,7-8,12-13H2,1-2H3/t14-,17?,18?,19-. The number of nitrogens with zero attached hydrogens (tertiary/aromatic N) is 5. The van der Waals surface area contributed by atoms with Gasteiger partial charge < -0.3 is 9.42 Å². The number of aryl methyl sites for hydroxylation is 1. The van der Waals surface area contributed by atoms with Crippen molar-refractivity contribution in [2.45, 2.75) is 57.7 Å². The van der Waals surface area contributed by atoms with Gasteiger partial charge >= 0.3 is 0 Å². The summed E-state index contributed by atoms with van der Waals surface area (Å²) in [5.41, 5.74) is 4.37. The van der Waals surface area contributed by atoms with E-state index in [1.165, 1.54) is 31.4 Å². The van der Waals surface area contributed by atoms with Crippen LogP contribution in [0.15, 0.2) is 35.1 Å². The molecular formula is C22H27N5O. The molecule has 28 heavy (non-hydrogen) atoms. The van der Waals surface area contributed by atoms with E-state index >= 15 is 0 Å². The molecule has 0 spiro atoms. The fraction of sp³-hybridized carbons (Fsp3) is 0.545. The lowest BCUT2D eigenvalue weighted by Gasteiger charge is -2.50. The average molecular weight is 377 g/mol. The van der Waals surface area contributed by atoms with E-state index < -0.39 is 0 Å². The normalized spacial score (nSPS) is 30.1. The second-order valence-corrected chi connectivity index (χ2v) is 9.08. The van der Waals surface area contributed by atoms with Gasteiger partial charge in [-0.2, -0.15) is 5.10 Å². The Morgan fingerprint density at radius 1 is 1.07 bits per heavy atom. The van der Waals surface area contributed by atoms with Crippen LogP contribution < -0.4 is 4.90 Å². The average Bonchev–Trinajstić information content (AvgIpc) is 3.34. The topological polar surface area (TPSA) is 49.8 Å². The fourth-order valence-corrected chi connectivity index (χ4v) is 5.73. The van der Waals surface area contributed by atoms with Crippen molar-refractivity contribution in [3.8, 4) is 11.3 Å².